The predicted octanol–water partition coefficient (Wildman–Crippen LogP) is 4.56. The molecule has 2 aromatic carbocycles. The highest BCUT2D eigenvalue weighted by atomic mass is 127. The van der Waals surface area contributed by atoms with Crippen LogP contribution in [0.25, 0.3) is 0 Å². The molecule has 1 nitrogen and oxygen atoms in total. The van der Waals surface area contributed by atoms with Crippen molar-refractivity contribution in [2.24, 2.45) is 0 Å². The van der Waals surface area contributed by atoms with Crippen molar-refractivity contribution in [1.82, 2.24) is 0 Å². The van der Waals surface area contributed by atoms with Gasteiger partial charge in [0.25, 0.3) is 0 Å². The number of halogens is 4. The van der Waals surface area contributed by atoms with Gasteiger partial charge < -0.3 is 0 Å². The van der Waals surface area contributed by atoms with Gasteiger partial charge >= 0.3 is 0 Å². The molecule has 92 valence electrons. The third-order valence-electron chi connectivity index (χ3n) is 2.36. The Labute approximate surface area is 124 Å². The van der Waals surface area contributed by atoms with Crippen LogP contribution < -0.4 is 0 Å². The average Bonchev–Trinajstić information content (AvgIpc) is 2.34. The second kappa shape index (κ2) is 5.44. The summed E-state index contributed by atoms with van der Waals surface area (Å²) in [6.45, 7) is 0. The minimum absolute atomic E-state index is 0.0675. The highest BCUT2D eigenvalue weighted by Gasteiger charge is 2.21. The number of hydrogen-bond acceptors (Lipinski definition) is 1. The third-order valence-corrected chi connectivity index (χ3v) is 3.64. The molecule has 0 atom stereocenters. The molecule has 2 rings (SSSR count). The Balaban J connectivity index is 2.56. The van der Waals surface area contributed by atoms with E-state index in [0.717, 1.165) is 9.64 Å². The molecule has 0 radical (unpaired) electrons. The van der Waals surface area contributed by atoms with E-state index in [2.05, 4.69) is 15.9 Å². The quantitative estimate of drug-likeness (QED) is 0.394. The maximum absolute atomic E-state index is 13.8. The fourth-order valence-electron chi connectivity index (χ4n) is 1.51. The Kier molecular flexibility index (Phi) is 4.11. The van der Waals surface area contributed by atoms with Crippen LogP contribution in [0.15, 0.2) is 40.9 Å². The first kappa shape index (κ1) is 13.6. The zero-order valence-electron chi connectivity index (χ0n) is 8.88. The van der Waals surface area contributed by atoms with E-state index in [4.69, 9.17) is 0 Å². The molecule has 0 aliphatic carbocycles. The summed E-state index contributed by atoms with van der Waals surface area (Å²) >= 11 is 4.97. The van der Waals surface area contributed by atoms with Crippen LogP contribution in [0, 0.1) is 15.2 Å². The summed E-state index contributed by atoms with van der Waals surface area (Å²) in [5.74, 6) is -2.40. The zero-order chi connectivity index (χ0) is 13.3. The SMILES string of the molecule is O=C(c1cccc(I)c1)c1c(F)ccc(Br)c1F. The van der Waals surface area contributed by atoms with Crippen LogP contribution in [0.5, 0.6) is 0 Å². The molecule has 0 aliphatic rings. The van der Waals surface area contributed by atoms with Crippen LogP contribution in [-0.2, 0) is 0 Å². The van der Waals surface area contributed by atoms with Gasteiger partial charge in [-0.25, -0.2) is 8.78 Å². The van der Waals surface area contributed by atoms with Crippen molar-refractivity contribution in [2.75, 3.05) is 0 Å². The summed E-state index contributed by atoms with van der Waals surface area (Å²) in [6.07, 6.45) is 0. The van der Waals surface area contributed by atoms with Crippen molar-refractivity contribution in [3.8, 4) is 0 Å². The van der Waals surface area contributed by atoms with E-state index < -0.39 is 23.0 Å². The molecule has 0 saturated heterocycles. The third kappa shape index (κ3) is 2.61. The van der Waals surface area contributed by atoms with Crippen molar-refractivity contribution in [1.29, 1.82) is 0 Å². The summed E-state index contributed by atoms with van der Waals surface area (Å²) < 4.78 is 28.3. The van der Waals surface area contributed by atoms with Crippen LogP contribution in [0.4, 0.5) is 8.78 Å². The van der Waals surface area contributed by atoms with Gasteiger partial charge in [-0.3, -0.25) is 4.79 Å². The Hall–Kier alpha value is -0.820. The molecular formula is C13H6BrF2IO. The van der Waals surface area contributed by atoms with Crippen molar-refractivity contribution in [2.45, 2.75) is 0 Å². The number of carbonyl (C=O) groups excluding carboxylic acids is 1. The fourth-order valence-corrected chi connectivity index (χ4v) is 2.38. The van der Waals surface area contributed by atoms with Crippen LogP contribution in [0.1, 0.15) is 15.9 Å². The molecular weight excluding hydrogens is 417 g/mol. The van der Waals surface area contributed by atoms with E-state index in [1.54, 1.807) is 18.2 Å². The molecule has 18 heavy (non-hydrogen) atoms. The largest absolute Gasteiger partial charge is 0.288 e. The summed E-state index contributed by atoms with van der Waals surface area (Å²) in [5.41, 5.74) is -0.274. The minimum atomic E-state index is -0.876. The molecule has 0 bridgehead atoms. The molecule has 0 N–H and O–H groups in total. The van der Waals surface area contributed by atoms with Crippen LogP contribution >= 0.6 is 38.5 Å². The van der Waals surface area contributed by atoms with E-state index in [1.165, 1.54) is 12.1 Å². The zero-order valence-corrected chi connectivity index (χ0v) is 12.6. The lowest BCUT2D eigenvalue weighted by Gasteiger charge is -2.06. The van der Waals surface area contributed by atoms with E-state index in [0.29, 0.717) is 0 Å². The number of ketones is 1. The van der Waals surface area contributed by atoms with Gasteiger partial charge in [0.1, 0.15) is 5.82 Å². The smallest absolute Gasteiger partial charge is 0.199 e. The van der Waals surface area contributed by atoms with Crippen LogP contribution in [0.3, 0.4) is 0 Å². The predicted molar refractivity (Wildman–Crippen MR) is 76.6 cm³/mol. The molecule has 0 aromatic heterocycles. The lowest BCUT2D eigenvalue weighted by molar-refractivity contribution is 0.103. The van der Waals surface area contributed by atoms with Gasteiger partial charge in [-0.15, -0.1) is 0 Å². The van der Waals surface area contributed by atoms with Gasteiger partial charge in [-0.2, -0.15) is 0 Å². The molecule has 0 saturated carbocycles. The van der Waals surface area contributed by atoms with Crippen molar-refractivity contribution in [3.05, 3.63) is 67.2 Å². The molecule has 0 spiro atoms. The van der Waals surface area contributed by atoms with Gasteiger partial charge in [0.2, 0.25) is 0 Å². The van der Waals surface area contributed by atoms with Gasteiger partial charge in [-0.05, 0) is 62.8 Å². The summed E-state index contributed by atoms with van der Waals surface area (Å²) in [4.78, 5) is 12.1. The van der Waals surface area contributed by atoms with Gasteiger partial charge in [0, 0.05) is 9.13 Å². The molecule has 2 aromatic rings. The Morgan fingerprint density at radius 1 is 1.17 bits per heavy atom. The Morgan fingerprint density at radius 3 is 2.56 bits per heavy atom. The van der Waals surface area contributed by atoms with Gasteiger partial charge in [0.15, 0.2) is 11.6 Å². The van der Waals surface area contributed by atoms with Crippen molar-refractivity contribution >= 4 is 44.3 Å². The van der Waals surface area contributed by atoms with E-state index >= 15 is 0 Å². The number of hydrogen-bond donors (Lipinski definition) is 0. The maximum atomic E-state index is 13.8. The lowest BCUT2D eigenvalue weighted by Crippen LogP contribution is -2.08. The van der Waals surface area contributed by atoms with Crippen molar-refractivity contribution < 1.29 is 13.6 Å². The highest BCUT2D eigenvalue weighted by molar-refractivity contribution is 14.1. The maximum Gasteiger partial charge on any atom is 0.199 e. The fraction of sp³-hybridized carbons (Fsp3) is 0. The Morgan fingerprint density at radius 2 is 1.89 bits per heavy atom. The molecule has 0 aliphatic heterocycles. The molecule has 0 heterocycles. The monoisotopic (exact) mass is 422 g/mol. The first-order chi connectivity index (χ1) is 8.50. The molecule has 5 heteroatoms. The van der Waals surface area contributed by atoms with E-state index in [9.17, 15) is 13.6 Å². The van der Waals surface area contributed by atoms with E-state index in [-0.39, 0.29) is 10.0 Å². The first-order valence-corrected chi connectivity index (χ1v) is 6.81. The number of carbonyl (C=O) groups is 1. The van der Waals surface area contributed by atoms with E-state index in [1.807, 2.05) is 22.6 Å². The summed E-state index contributed by atoms with van der Waals surface area (Å²) in [6, 6.07) is 8.88. The second-order valence-corrected chi connectivity index (χ2v) is 5.66. The normalized spacial score (nSPS) is 10.4. The standard InChI is InChI=1S/C13H6BrF2IO/c14-9-4-5-10(15)11(12(9)16)13(18)7-2-1-3-8(17)6-7/h1-6H. The average molecular weight is 423 g/mol. The highest BCUT2D eigenvalue weighted by Crippen LogP contribution is 2.24. The van der Waals surface area contributed by atoms with Gasteiger partial charge in [-0.1, -0.05) is 12.1 Å². The van der Waals surface area contributed by atoms with Crippen LogP contribution in [0.2, 0.25) is 0 Å². The molecule has 0 unspecified atom stereocenters. The van der Waals surface area contributed by atoms with Crippen LogP contribution in [-0.4, -0.2) is 5.78 Å². The van der Waals surface area contributed by atoms with Crippen molar-refractivity contribution in [3.63, 3.8) is 0 Å². The molecule has 0 fully saturated rings. The number of benzene rings is 2. The summed E-state index contributed by atoms with van der Waals surface area (Å²) in [5, 5.41) is 0. The minimum Gasteiger partial charge on any atom is -0.288 e. The first-order valence-electron chi connectivity index (χ1n) is 4.94. The van der Waals surface area contributed by atoms with Gasteiger partial charge in [0.05, 0.1) is 10.0 Å². The summed E-state index contributed by atoms with van der Waals surface area (Å²) in [7, 11) is 0. The second-order valence-electron chi connectivity index (χ2n) is 3.56. The molecule has 0 amide bonds. The number of rotatable bonds is 2. The Bertz CT molecular complexity index is 628. The lowest BCUT2D eigenvalue weighted by atomic mass is 10.0. The topological polar surface area (TPSA) is 17.1 Å².